The molecule has 0 saturated heterocycles. The molecular formula is C50H42N2S. The maximum absolute atomic E-state index is 2.60. The number of nitrogens with zero attached hydrogens (tertiary/aromatic N) is 2. The van der Waals surface area contributed by atoms with Crippen LogP contribution in [0.4, 0.5) is 22.7 Å². The zero-order valence-electron chi connectivity index (χ0n) is 30.3. The van der Waals surface area contributed by atoms with Gasteiger partial charge in [-0.05, 0) is 124 Å². The first-order valence-corrected chi connectivity index (χ1v) is 19.8. The summed E-state index contributed by atoms with van der Waals surface area (Å²) in [5.74, 6) is 0. The normalized spacial score (nSPS) is 16.6. The van der Waals surface area contributed by atoms with Crippen LogP contribution < -0.4 is 9.80 Å². The Labute approximate surface area is 317 Å². The van der Waals surface area contributed by atoms with Crippen LogP contribution in [0.15, 0.2) is 167 Å². The Morgan fingerprint density at radius 3 is 2.09 bits per heavy atom. The van der Waals surface area contributed by atoms with Crippen LogP contribution in [-0.4, -0.2) is 6.54 Å². The van der Waals surface area contributed by atoms with Gasteiger partial charge in [-0.25, -0.2) is 0 Å². The Morgan fingerprint density at radius 2 is 1.30 bits per heavy atom. The summed E-state index contributed by atoms with van der Waals surface area (Å²) in [6.45, 7) is 5.91. The molecular weight excluding hydrogens is 661 g/mol. The van der Waals surface area contributed by atoms with Crippen molar-refractivity contribution < 1.29 is 0 Å². The molecule has 4 aliphatic rings. The van der Waals surface area contributed by atoms with Gasteiger partial charge < -0.3 is 9.80 Å². The zero-order chi connectivity index (χ0) is 35.5. The third kappa shape index (κ3) is 5.57. The monoisotopic (exact) mass is 702 g/mol. The standard InChI is InChI=1S/C50H42N2S/c1-50(2)43-31-35(24-28-41(43)42-29-27-39(33-44(42)50)51-30-10-13-37-11-3-4-15-45(37)51)21-20-34-22-25-36(26-23-34)38-12-9-14-40(32-38)52-46-16-5-7-18-48(46)53-49-19-8-6-17-47(49)52/h3,5-9,11-12,14,16-29,31-33H,4,10,13,15,30H2,1-2H3/b21-20+. The van der Waals surface area contributed by atoms with E-state index in [-0.39, 0.29) is 5.41 Å². The molecule has 258 valence electrons. The SMILES string of the molecule is CC1(C)c2cc(/C=C/c3ccc(-c4cccc(N5c6ccccc6Sc6ccccc65)c4)cc3)ccc2-c2ccc(N3CCCC4=C3CCC=C4)cc21. The minimum atomic E-state index is -0.0582. The van der Waals surface area contributed by atoms with E-state index in [2.05, 4.69) is 181 Å². The molecule has 0 fully saturated rings. The molecule has 10 rings (SSSR count). The number of anilines is 4. The molecule has 0 radical (unpaired) electrons. The molecule has 6 aromatic carbocycles. The van der Waals surface area contributed by atoms with E-state index in [1.54, 1.807) is 0 Å². The highest BCUT2D eigenvalue weighted by Gasteiger charge is 2.36. The summed E-state index contributed by atoms with van der Waals surface area (Å²) >= 11 is 1.84. The van der Waals surface area contributed by atoms with Gasteiger partial charge in [0.05, 0.1) is 11.4 Å². The van der Waals surface area contributed by atoms with Gasteiger partial charge in [0.2, 0.25) is 0 Å². The molecule has 2 aliphatic carbocycles. The lowest BCUT2D eigenvalue weighted by molar-refractivity contribution is 0.657. The first-order chi connectivity index (χ1) is 26.0. The molecule has 0 bridgehead atoms. The predicted octanol–water partition coefficient (Wildman–Crippen LogP) is 14.0. The highest BCUT2D eigenvalue weighted by atomic mass is 32.2. The van der Waals surface area contributed by atoms with Crippen LogP contribution in [0.25, 0.3) is 34.4 Å². The Balaban J connectivity index is 0.893. The summed E-state index contributed by atoms with van der Waals surface area (Å²) in [4.78, 5) is 7.55. The van der Waals surface area contributed by atoms with E-state index >= 15 is 0 Å². The van der Waals surface area contributed by atoms with E-state index in [1.165, 1.54) is 101 Å². The molecule has 0 atom stereocenters. The number of benzene rings is 6. The first-order valence-electron chi connectivity index (χ1n) is 19.0. The number of allylic oxidation sites excluding steroid dienone is 4. The van der Waals surface area contributed by atoms with Crippen molar-refractivity contribution in [3.63, 3.8) is 0 Å². The van der Waals surface area contributed by atoms with Crippen molar-refractivity contribution in [3.05, 3.63) is 179 Å². The van der Waals surface area contributed by atoms with Crippen LogP contribution in [0.2, 0.25) is 0 Å². The van der Waals surface area contributed by atoms with Gasteiger partial charge in [0, 0.05) is 38.8 Å². The van der Waals surface area contributed by atoms with Gasteiger partial charge in [0.25, 0.3) is 0 Å². The lowest BCUT2D eigenvalue weighted by atomic mass is 9.81. The molecule has 6 aromatic rings. The molecule has 0 unspecified atom stereocenters. The highest BCUT2D eigenvalue weighted by molar-refractivity contribution is 7.99. The fourth-order valence-corrected chi connectivity index (χ4v) is 9.94. The molecule has 3 heteroatoms. The molecule has 0 aromatic heterocycles. The smallest absolute Gasteiger partial charge is 0.0601 e. The van der Waals surface area contributed by atoms with E-state index in [4.69, 9.17) is 0 Å². The zero-order valence-corrected chi connectivity index (χ0v) is 31.2. The second-order valence-electron chi connectivity index (χ2n) is 15.2. The Morgan fingerprint density at radius 1 is 0.604 bits per heavy atom. The minimum absolute atomic E-state index is 0.0582. The van der Waals surface area contributed by atoms with Gasteiger partial charge in [0.15, 0.2) is 0 Å². The van der Waals surface area contributed by atoms with Crippen LogP contribution in [0.3, 0.4) is 0 Å². The highest BCUT2D eigenvalue weighted by Crippen LogP contribution is 2.52. The van der Waals surface area contributed by atoms with Crippen molar-refractivity contribution in [2.45, 2.75) is 54.7 Å². The van der Waals surface area contributed by atoms with Crippen LogP contribution in [0, 0.1) is 0 Å². The van der Waals surface area contributed by atoms with Crippen molar-refractivity contribution in [3.8, 4) is 22.3 Å². The number of hydrogen-bond donors (Lipinski definition) is 0. The van der Waals surface area contributed by atoms with Crippen molar-refractivity contribution in [2.75, 3.05) is 16.3 Å². The van der Waals surface area contributed by atoms with Gasteiger partial charge in [-0.15, -0.1) is 0 Å². The van der Waals surface area contributed by atoms with Gasteiger partial charge in [-0.1, -0.05) is 135 Å². The van der Waals surface area contributed by atoms with Crippen LogP contribution in [0.5, 0.6) is 0 Å². The average Bonchev–Trinajstić information content (AvgIpc) is 3.43. The molecule has 0 saturated carbocycles. The summed E-state index contributed by atoms with van der Waals surface area (Å²) in [6.07, 6.45) is 14.0. The van der Waals surface area contributed by atoms with Crippen molar-refractivity contribution in [1.29, 1.82) is 0 Å². The second kappa shape index (κ2) is 12.9. The summed E-state index contributed by atoms with van der Waals surface area (Å²) < 4.78 is 0. The van der Waals surface area contributed by atoms with E-state index in [0.717, 1.165) is 19.4 Å². The molecule has 2 heterocycles. The van der Waals surface area contributed by atoms with Crippen LogP contribution in [-0.2, 0) is 5.41 Å². The van der Waals surface area contributed by atoms with Crippen LogP contribution in [0.1, 0.15) is 61.8 Å². The lowest BCUT2D eigenvalue weighted by Gasteiger charge is -2.35. The quantitative estimate of drug-likeness (QED) is 0.165. The van der Waals surface area contributed by atoms with Crippen molar-refractivity contribution >= 4 is 46.7 Å². The summed E-state index contributed by atoms with van der Waals surface area (Å²) in [7, 11) is 0. The van der Waals surface area contributed by atoms with Gasteiger partial charge >= 0.3 is 0 Å². The van der Waals surface area contributed by atoms with Gasteiger partial charge in [-0.2, -0.15) is 0 Å². The number of hydrogen-bond acceptors (Lipinski definition) is 3. The topological polar surface area (TPSA) is 6.48 Å². The second-order valence-corrected chi connectivity index (χ2v) is 16.3. The molecule has 0 N–H and O–H groups in total. The molecule has 53 heavy (non-hydrogen) atoms. The molecule has 2 nitrogen and oxygen atoms in total. The largest absolute Gasteiger partial charge is 0.345 e. The molecule has 0 spiro atoms. The van der Waals surface area contributed by atoms with E-state index in [0.29, 0.717) is 0 Å². The molecule has 2 aliphatic heterocycles. The maximum atomic E-state index is 2.60. The summed E-state index contributed by atoms with van der Waals surface area (Å²) in [5, 5.41) is 0. The van der Waals surface area contributed by atoms with Crippen LogP contribution >= 0.6 is 11.8 Å². The summed E-state index contributed by atoms with van der Waals surface area (Å²) in [5.41, 5.74) is 18.5. The number of rotatable bonds is 5. The van der Waals surface area contributed by atoms with Crippen molar-refractivity contribution in [1.82, 2.24) is 0 Å². The van der Waals surface area contributed by atoms with Gasteiger partial charge in [0.1, 0.15) is 0 Å². The minimum Gasteiger partial charge on any atom is -0.345 e. The predicted molar refractivity (Wildman–Crippen MR) is 226 cm³/mol. The fraction of sp³-hybridized carbons (Fsp3) is 0.160. The number of para-hydroxylation sites is 2. The van der Waals surface area contributed by atoms with Gasteiger partial charge in [-0.3, -0.25) is 0 Å². The third-order valence-electron chi connectivity index (χ3n) is 11.6. The number of fused-ring (bicyclic) bond motifs is 5. The maximum Gasteiger partial charge on any atom is 0.0601 e. The Hall–Kier alpha value is -5.51. The first kappa shape index (κ1) is 32.2. The third-order valence-corrected chi connectivity index (χ3v) is 12.8. The Kier molecular flexibility index (Phi) is 7.80. The van der Waals surface area contributed by atoms with E-state index in [9.17, 15) is 0 Å². The Bertz CT molecular complexity index is 2450. The lowest BCUT2D eigenvalue weighted by Crippen LogP contribution is -2.29. The molecule has 0 amide bonds. The van der Waals surface area contributed by atoms with Crippen molar-refractivity contribution in [2.24, 2.45) is 0 Å². The van der Waals surface area contributed by atoms with E-state index in [1.807, 2.05) is 11.8 Å². The fourth-order valence-electron chi connectivity index (χ4n) is 8.89. The van der Waals surface area contributed by atoms with E-state index < -0.39 is 0 Å². The average molecular weight is 703 g/mol. The summed E-state index contributed by atoms with van der Waals surface area (Å²) in [6, 6.07) is 49.5.